The van der Waals surface area contributed by atoms with E-state index in [-0.39, 0.29) is 11.8 Å². The zero-order valence-corrected chi connectivity index (χ0v) is 17.3. The molecule has 0 heterocycles. The van der Waals surface area contributed by atoms with Crippen LogP contribution in [0.4, 0.5) is 0 Å². The highest BCUT2D eigenvalue weighted by Crippen LogP contribution is 2.25. The number of carbonyl (C=O) groups excluding carboxylic acids is 1. The van der Waals surface area contributed by atoms with Gasteiger partial charge in [0.25, 0.3) is 0 Å². The van der Waals surface area contributed by atoms with E-state index in [1.54, 1.807) is 19.0 Å². The summed E-state index contributed by atoms with van der Waals surface area (Å²) in [5.74, 6) is -0.786. The Balaban J connectivity index is 0.000000336. The average Bonchev–Trinajstić information content (AvgIpc) is 2.70. The highest BCUT2D eigenvalue weighted by molar-refractivity contribution is 5.86. The normalized spacial score (nSPS) is 10.1. The standard InChI is InChI=1S/C16H17NO.C8H16O2/c1-17(2)16(18)15(13-9-5-3-6-10-13)14-11-7-4-8-12-14;1-2-3-4-5-6-7-8(9)10/h3-12,15H,1-2H3;2-7H2,1H3,(H,9,10). The minimum Gasteiger partial charge on any atom is -0.481 e. The van der Waals surface area contributed by atoms with Crippen LogP contribution in [0, 0.1) is 0 Å². The lowest BCUT2D eigenvalue weighted by Gasteiger charge is -2.21. The van der Waals surface area contributed by atoms with Crippen LogP contribution in [0.15, 0.2) is 60.7 Å². The topological polar surface area (TPSA) is 57.6 Å². The van der Waals surface area contributed by atoms with Crippen molar-refractivity contribution in [2.24, 2.45) is 0 Å². The molecule has 152 valence electrons. The fourth-order valence-electron chi connectivity index (χ4n) is 2.91. The SMILES string of the molecule is CCCCCCCC(=O)O.CN(C)C(=O)C(c1ccccc1)c1ccccc1. The Morgan fingerprint density at radius 1 is 0.821 bits per heavy atom. The van der Waals surface area contributed by atoms with Crippen molar-refractivity contribution in [1.29, 1.82) is 0 Å². The van der Waals surface area contributed by atoms with E-state index in [0.29, 0.717) is 6.42 Å². The molecular weight excluding hydrogens is 350 g/mol. The number of amides is 1. The number of hydrogen-bond donors (Lipinski definition) is 1. The van der Waals surface area contributed by atoms with E-state index in [4.69, 9.17) is 5.11 Å². The van der Waals surface area contributed by atoms with Crippen molar-refractivity contribution in [3.8, 4) is 0 Å². The van der Waals surface area contributed by atoms with Crippen molar-refractivity contribution in [3.63, 3.8) is 0 Å². The van der Waals surface area contributed by atoms with Crippen LogP contribution in [0.25, 0.3) is 0 Å². The number of carboxylic acid groups (broad SMARTS) is 1. The van der Waals surface area contributed by atoms with E-state index in [1.807, 2.05) is 60.7 Å². The first-order valence-electron chi connectivity index (χ1n) is 10.00. The third kappa shape index (κ3) is 8.85. The number of aliphatic carboxylic acids is 1. The van der Waals surface area contributed by atoms with Crippen molar-refractivity contribution in [3.05, 3.63) is 71.8 Å². The molecule has 0 spiro atoms. The molecule has 0 unspecified atom stereocenters. The molecule has 0 aliphatic rings. The molecule has 1 amide bonds. The Bertz CT molecular complexity index is 644. The molecule has 0 atom stereocenters. The third-order valence-corrected chi connectivity index (χ3v) is 4.45. The predicted octanol–water partition coefficient (Wildman–Crippen LogP) is 5.34. The average molecular weight is 384 g/mol. The first-order valence-corrected chi connectivity index (χ1v) is 10.00. The first kappa shape index (κ1) is 23.4. The number of carbonyl (C=O) groups is 2. The van der Waals surface area contributed by atoms with E-state index in [2.05, 4.69) is 6.92 Å². The lowest BCUT2D eigenvalue weighted by atomic mass is 9.90. The molecule has 0 aliphatic heterocycles. The second-order valence-electron chi connectivity index (χ2n) is 7.04. The molecule has 0 aliphatic carbocycles. The van der Waals surface area contributed by atoms with E-state index in [1.165, 1.54) is 19.3 Å². The molecule has 4 nitrogen and oxygen atoms in total. The first-order chi connectivity index (χ1) is 13.5. The molecule has 1 N–H and O–H groups in total. The Morgan fingerprint density at radius 3 is 1.68 bits per heavy atom. The summed E-state index contributed by atoms with van der Waals surface area (Å²) in [5.41, 5.74) is 2.06. The van der Waals surface area contributed by atoms with Gasteiger partial charge in [-0.2, -0.15) is 0 Å². The minimum atomic E-state index is -0.670. The maximum Gasteiger partial charge on any atom is 0.303 e. The highest BCUT2D eigenvalue weighted by atomic mass is 16.4. The molecule has 2 aromatic carbocycles. The van der Waals surface area contributed by atoms with Gasteiger partial charge >= 0.3 is 5.97 Å². The fourth-order valence-corrected chi connectivity index (χ4v) is 2.91. The smallest absolute Gasteiger partial charge is 0.303 e. The Labute approximate surface area is 169 Å². The highest BCUT2D eigenvalue weighted by Gasteiger charge is 2.23. The second kappa shape index (κ2) is 13.5. The number of benzene rings is 2. The van der Waals surface area contributed by atoms with Crippen LogP contribution in [-0.2, 0) is 9.59 Å². The van der Waals surface area contributed by atoms with Gasteiger partial charge in [0.2, 0.25) is 5.91 Å². The molecule has 0 fully saturated rings. The van der Waals surface area contributed by atoms with Crippen molar-refractivity contribution in [2.45, 2.75) is 51.4 Å². The van der Waals surface area contributed by atoms with E-state index < -0.39 is 5.97 Å². The fraction of sp³-hybridized carbons (Fsp3) is 0.417. The number of nitrogens with zero attached hydrogens (tertiary/aromatic N) is 1. The molecule has 28 heavy (non-hydrogen) atoms. The number of carboxylic acids is 1. The maximum atomic E-state index is 12.4. The van der Waals surface area contributed by atoms with E-state index in [9.17, 15) is 9.59 Å². The van der Waals surface area contributed by atoms with Crippen molar-refractivity contribution < 1.29 is 14.7 Å². The van der Waals surface area contributed by atoms with Crippen LogP contribution in [0.1, 0.15) is 62.5 Å². The molecule has 2 rings (SSSR count). The van der Waals surface area contributed by atoms with Gasteiger partial charge in [0.15, 0.2) is 0 Å². The van der Waals surface area contributed by atoms with Gasteiger partial charge in [0.05, 0.1) is 5.92 Å². The van der Waals surface area contributed by atoms with Crippen molar-refractivity contribution >= 4 is 11.9 Å². The van der Waals surface area contributed by atoms with Gasteiger partial charge in [0, 0.05) is 20.5 Å². The molecular formula is C24H33NO3. The van der Waals surface area contributed by atoms with Gasteiger partial charge in [-0.3, -0.25) is 9.59 Å². The monoisotopic (exact) mass is 383 g/mol. The van der Waals surface area contributed by atoms with E-state index >= 15 is 0 Å². The van der Waals surface area contributed by atoms with Gasteiger partial charge in [0.1, 0.15) is 0 Å². The van der Waals surface area contributed by atoms with Crippen LogP contribution in [0.5, 0.6) is 0 Å². The van der Waals surface area contributed by atoms with Crippen LogP contribution < -0.4 is 0 Å². The van der Waals surface area contributed by atoms with Crippen LogP contribution >= 0.6 is 0 Å². The van der Waals surface area contributed by atoms with Gasteiger partial charge in [-0.1, -0.05) is 93.3 Å². The van der Waals surface area contributed by atoms with Gasteiger partial charge in [-0.05, 0) is 17.5 Å². The molecule has 4 heteroatoms. The zero-order valence-electron chi connectivity index (χ0n) is 17.3. The summed E-state index contributed by atoms with van der Waals surface area (Å²) >= 11 is 0. The summed E-state index contributed by atoms with van der Waals surface area (Å²) in [6, 6.07) is 19.8. The van der Waals surface area contributed by atoms with Crippen LogP contribution in [0.3, 0.4) is 0 Å². The molecule has 0 radical (unpaired) electrons. The van der Waals surface area contributed by atoms with E-state index in [0.717, 1.165) is 24.0 Å². The lowest BCUT2D eigenvalue weighted by Crippen LogP contribution is -2.28. The quantitative estimate of drug-likeness (QED) is 0.595. The summed E-state index contributed by atoms with van der Waals surface area (Å²) in [4.78, 5) is 24.0. The van der Waals surface area contributed by atoms with Crippen LogP contribution in [0.2, 0.25) is 0 Å². The summed E-state index contributed by atoms with van der Waals surface area (Å²) < 4.78 is 0. The number of unbranched alkanes of at least 4 members (excludes halogenated alkanes) is 4. The molecule has 2 aromatic rings. The Kier molecular flexibility index (Phi) is 11.3. The summed E-state index contributed by atoms with van der Waals surface area (Å²) in [6.45, 7) is 2.15. The molecule has 0 bridgehead atoms. The van der Waals surface area contributed by atoms with Gasteiger partial charge in [-0.25, -0.2) is 0 Å². The minimum absolute atomic E-state index is 0.104. The molecule has 0 saturated carbocycles. The largest absolute Gasteiger partial charge is 0.481 e. The lowest BCUT2D eigenvalue weighted by molar-refractivity contribution is -0.137. The van der Waals surface area contributed by atoms with Crippen molar-refractivity contribution in [1.82, 2.24) is 4.90 Å². The van der Waals surface area contributed by atoms with Gasteiger partial charge < -0.3 is 10.0 Å². The van der Waals surface area contributed by atoms with Gasteiger partial charge in [-0.15, -0.1) is 0 Å². The second-order valence-corrected chi connectivity index (χ2v) is 7.04. The summed E-state index contributed by atoms with van der Waals surface area (Å²) in [5, 5.41) is 8.27. The Hall–Kier alpha value is -2.62. The summed E-state index contributed by atoms with van der Waals surface area (Å²) in [7, 11) is 3.59. The Morgan fingerprint density at radius 2 is 1.29 bits per heavy atom. The van der Waals surface area contributed by atoms with Crippen molar-refractivity contribution in [2.75, 3.05) is 14.1 Å². The predicted molar refractivity (Wildman–Crippen MR) is 114 cm³/mol. The third-order valence-electron chi connectivity index (χ3n) is 4.45. The number of hydrogen-bond acceptors (Lipinski definition) is 2. The summed E-state index contributed by atoms with van der Waals surface area (Å²) in [6.07, 6.45) is 5.88. The molecule has 0 aromatic heterocycles. The van der Waals surface area contributed by atoms with Crippen LogP contribution in [-0.4, -0.2) is 36.0 Å². The maximum absolute atomic E-state index is 12.4. The zero-order chi connectivity index (χ0) is 20.8. The molecule has 0 saturated heterocycles. The number of rotatable bonds is 9. The number of likely N-dealkylation sites (N-methyl/N-ethyl adjacent to an activating group) is 1.